The largest absolute Gasteiger partial charge is 0.468 e. The van der Waals surface area contributed by atoms with Gasteiger partial charge in [-0.05, 0) is 0 Å². The first kappa shape index (κ1) is 20.4. The monoisotopic (exact) mass is 394 g/mol. The molecule has 0 saturated carbocycles. The Balaban J connectivity index is 3.82. The minimum absolute atomic E-state index is 2.21. The molecule has 1 aliphatic heterocycles. The lowest BCUT2D eigenvalue weighted by Crippen LogP contribution is -2.69. The van der Waals surface area contributed by atoms with Crippen LogP contribution in [0.3, 0.4) is 0 Å². The fourth-order valence-corrected chi connectivity index (χ4v) is 1.36. The van der Waals surface area contributed by atoms with Crippen molar-refractivity contribution in [1.82, 2.24) is 0 Å². The third kappa shape index (κ3) is 2.89. The van der Waals surface area contributed by atoms with E-state index < -0.39 is 47.9 Å². The first-order valence-electron chi connectivity index (χ1n) is 4.96. The molecule has 1 heterocycles. The van der Waals surface area contributed by atoms with Gasteiger partial charge in [-0.2, -0.15) is 61.5 Å². The van der Waals surface area contributed by atoms with Gasteiger partial charge in [0.1, 0.15) is 0 Å². The molecule has 0 aliphatic carbocycles. The van der Waals surface area contributed by atoms with Crippen LogP contribution < -0.4 is 0 Å². The smallest absolute Gasteiger partial charge is 0.436 e. The molecule has 0 saturated heterocycles. The van der Waals surface area contributed by atoms with E-state index in [0.717, 1.165) is 0 Å². The molecule has 2 nitrogen and oxygen atoms in total. The zero-order valence-electron chi connectivity index (χ0n) is 10.1. The van der Waals surface area contributed by atoms with E-state index in [4.69, 9.17) is 0 Å². The van der Waals surface area contributed by atoms with Crippen LogP contribution in [0.1, 0.15) is 0 Å². The molecule has 0 N–H and O–H groups in total. The standard InChI is InChI=1S/C8F14O2/c9-3(10,11)1-2(4(12,13)14)24-6(16,8(20,21)22)5(15,23-1)7(17,18)19/t5-,6-/m0/s1. The first-order valence-corrected chi connectivity index (χ1v) is 4.96. The van der Waals surface area contributed by atoms with Gasteiger partial charge in [0.05, 0.1) is 0 Å². The second-order valence-electron chi connectivity index (χ2n) is 4.04. The number of alkyl halides is 14. The summed E-state index contributed by atoms with van der Waals surface area (Å²) in [5.74, 6) is -21.9. The molecule has 0 amide bonds. The van der Waals surface area contributed by atoms with Gasteiger partial charge in [-0.25, -0.2) is 0 Å². The summed E-state index contributed by atoms with van der Waals surface area (Å²) in [6.07, 6.45) is -27.6. The van der Waals surface area contributed by atoms with Gasteiger partial charge >= 0.3 is 36.4 Å². The van der Waals surface area contributed by atoms with Crippen LogP contribution in [0.4, 0.5) is 61.5 Å². The second-order valence-corrected chi connectivity index (χ2v) is 4.04. The summed E-state index contributed by atoms with van der Waals surface area (Å²) in [5.41, 5.74) is 0. The Morgan fingerprint density at radius 3 is 0.833 bits per heavy atom. The Labute approximate surface area is 120 Å². The summed E-state index contributed by atoms with van der Waals surface area (Å²) in [6.45, 7) is 0. The second kappa shape index (κ2) is 4.93. The van der Waals surface area contributed by atoms with Crippen molar-refractivity contribution >= 4 is 0 Å². The van der Waals surface area contributed by atoms with E-state index in [9.17, 15) is 61.5 Å². The summed E-state index contributed by atoms with van der Waals surface area (Å²) in [4.78, 5) is 0. The Kier molecular flexibility index (Phi) is 4.20. The summed E-state index contributed by atoms with van der Waals surface area (Å²) in [5, 5.41) is 0. The number of ether oxygens (including phenoxy) is 2. The fourth-order valence-electron chi connectivity index (χ4n) is 1.36. The Hall–Kier alpha value is -1.64. The SMILES string of the molecule is FC(F)(F)C1=C(C(F)(F)F)O[C@](F)(C(F)(F)F)[C@@](F)(C(F)(F)F)O1. The zero-order valence-corrected chi connectivity index (χ0v) is 10.1. The van der Waals surface area contributed by atoms with Crippen LogP contribution in [-0.4, -0.2) is 36.4 Å². The van der Waals surface area contributed by atoms with Crippen molar-refractivity contribution < 1.29 is 70.9 Å². The molecule has 24 heavy (non-hydrogen) atoms. The summed E-state index contributed by atoms with van der Waals surface area (Å²) in [7, 11) is 0. The highest BCUT2D eigenvalue weighted by molar-refractivity contribution is 5.20. The number of halogens is 14. The molecule has 0 bridgehead atoms. The van der Waals surface area contributed by atoms with Gasteiger partial charge in [0.15, 0.2) is 0 Å². The molecule has 1 rings (SSSR count). The molecule has 0 aromatic rings. The maximum atomic E-state index is 13.5. The van der Waals surface area contributed by atoms with E-state index in [-0.39, 0.29) is 0 Å². The van der Waals surface area contributed by atoms with Gasteiger partial charge in [0.25, 0.3) is 11.5 Å². The van der Waals surface area contributed by atoms with Crippen molar-refractivity contribution in [1.29, 1.82) is 0 Å². The van der Waals surface area contributed by atoms with Crippen LogP contribution in [0.15, 0.2) is 11.5 Å². The van der Waals surface area contributed by atoms with E-state index in [2.05, 4.69) is 9.47 Å². The van der Waals surface area contributed by atoms with E-state index >= 15 is 0 Å². The van der Waals surface area contributed by atoms with E-state index in [1.807, 2.05) is 0 Å². The van der Waals surface area contributed by atoms with E-state index in [1.54, 1.807) is 0 Å². The van der Waals surface area contributed by atoms with Crippen LogP contribution in [0.5, 0.6) is 0 Å². The van der Waals surface area contributed by atoms with Gasteiger partial charge in [-0.15, -0.1) is 0 Å². The normalized spacial score (nSPS) is 30.1. The van der Waals surface area contributed by atoms with E-state index in [0.29, 0.717) is 0 Å². The first-order chi connectivity index (χ1) is 10.2. The van der Waals surface area contributed by atoms with Crippen LogP contribution in [-0.2, 0) is 9.47 Å². The Bertz CT molecular complexity index is 487. The maximum absolute atomic E-state index is 13.5. The fraction of sp³-hybridized carbons (Fsp3) is 0.750. The molecular formula is C8F14O2. The zero-order chi connectivity index (χ0) is 19.6. The lowest BCUT2D eigenvalue weighted by Gasteiger charge is -2.44. The third-order valence-electron chi connectivity index (χ3n) is 2.35. The molecule has 0 radical (unpaired) electrons. The predicted molar refractivity (Wildman–Crippen MR) is 41.1 cm³/mol. The highest BCUT2D eigenvalue weighted by Crippen LogP contribution is 2.60. The van der Waals surface area contributed by atoms with Gasteiger partial charge in [-0.1, -0.05) is 0 Å². The molecule has 1 aliphatic rings. The van der Waals surface area contributed by atoms with Crippen molar-refractivity contribution in [2.45, 2.75) is 36.4 Å². The topological polar surface area (TPSA) is 18.5 Å². The quantitative estimate of drug-likeness (QED) is 0.549. The van der Waals surface area contributed by atoms with Crippen LogP contribution in [0.25, 0.3) is 0 Å². The summed E-state index contributed by atoms with van der Waals surface area (Å²) >= 11 is 0. The van der Waals surface area contributed by atoms with Crippen molar-refractivity contribution in [2.75, 3.05) is 0 Å². The van der Waals surface area contributed by atoms with Crippen LogP contribution in [0, 0.1) is 0 Å². The molecule has 0 spiro atoms. The minimum Gasteiger partial charge on any atom is -0.436 e. The lowest BCUT2D eigenvalue weighted by atomic mass is 10.1. The van der Waals surface area contributed by atoms with Crippen LogP contribution in [0.2, 0.25) is 0 Å². The Morgan fingerprint density at radius 2 is 0.708 bits per heavy atom. The predicted octanol–water partition coefficient (Wildman–Crippen LogP) is 4.83. The molecule has 142 valence electrons. The average Bonchev–Trinajstić information content (AvgIpc) is 2.26. The van der Waals surface area contributed by atoms with Gasteiger partial charge in [0, 0.05) is 0 Å². The lowest BCUT2D eigenvalue weighted by molar-refractivity contribution is -0.487. The van der Waals surface area contributed by atoms with Crippen molar-refractivity contribution in [3.63, 3.8) is 0 Å². The molecule has 2 atom stereocenters. The highest BCUT2D eigenvalue weighted by Gasteiger charge is 2.88. The molecule has 16 heteroatoms. The summed E-state index contributed by atoms with van der Waals surface area (Å²) in [6, 6.07) is 0. The maximum Gasteiger partial charge on any atom is 0.468 e. The number of rotatable bonds is 0. The summed E-state index contributed by atoms with van der Waals surface area (Å²) < 4.78 is 179. The van der Waals surface area contributed by atoms with Gasteiger partial charge < -0.3 is 9.47 Å². The molecule has 0 unspecified atom stereocenters. The number of hydrogen-bond acceptors (Lipinski definition) is 2. The molecule has 0 aromatic carbocycles. The van der Waals surface area contributed by atoms with Crippen molar-refractivity contribution in [2.24, 2.45) is 0 Å². The van der Waals surface area contributed by atoms with Gasteiger partial charge in [0.2, 0.25) is 0 Å². The molecular weight excluding hydrogens is 394 g/mol. The molecule has 0 fully saturated rings. The van der Waals surface area contributed by atoms with Crippen molar-refractivity contribution in [3.8, 4) is 0 Å². The van der Waals surface area contributed by atoms with Gasteiger partial charge in [-0.3, -0.25) is 0 Å². The molecule has 0 aromatic heterocycles. The highest BCUT2D eigenvalue weighted by atomic mass is 19.4. The minimum atomic E-state index is -7.20. The number of allylic oxidation sites excluding steroid dienone is 2. The van der Waals surface area contributed by atoms with E-state index in [1.165, 1.54) is 0 Å². The van der Waals surface area contributed by atoms with Crippen LogP contribution >= 0.6 is 0 Å². The van der Waals surface area contributed by atoms with Crippen molar-refractivity contribution in [3.05, 3.63) is 11.5 Å². The number of hydrogen-bond donors (Lipinski definition) is 0. The Morgan fingerprint density at radius 1 is 0.500 bits per heavy atom. The third-order valence-corrected chi connectivity index (χ3v) is 2.35. The average molecular weight is 394 g/mol.